The summed E-state index contributed by atoms with van der Waals surface area (Å²) in [4.78, 5) is 13.5. The number of anilines is 2. The number of likely N-dealkylation sites (tertiary alicyclic amines) is 1. The van der Waals surface area contributed by atoms with Crippen LogP contribution in [0.3, 0.4) is 0 Å². The summed E-state index contributed by atoms with van der Waals surface area (Å²) in [5.74, 6) is 1.99. The topological polar surface area (TPSA) is 44.3 Å². The Morgan fingerprint density at radius 1 is 1.26 bits per heavy atom. The fraction of sp³-hybridized carbons (Fsp3) is 0.444. The summed E-state index contributed by atoms with van der Waals surface area (Å²) in [6, 6.07) is 8.99. The van der Waals surface area contributed by atoms with Gasteiger partial charge in [0, 0.05) is 51.7 Å². The lowest BCUT2D eigenvalue weighted by Gasteiger charge is -2.26. The highest BCUT2D eigenvalue weighted by molar-refractivity contribution is 5.43. The van der Waals surface area contributed by atoms with Crippen molar-refractivity contribution in [1.29, 1.82) is 0 Å². The summed E-state index contributed by atoms with van der Waals surface area (Å²) in [7, 11) is 6.00. The molecule has 1 unspecified atom stereocenters. The van der Waals surface area contributed by atoms with Crippen LogP contribution < -0.4 is 10.2 Å². The van der Waals surface area contributed by atoms with Gasteiger partial charge in [0.2, 0.25) is 0 Å². The maximum absolute atomic E-state index is 4.43. The van der Waals surface area contributed by atoms with Crippen LogP contribution in [0.25, 0.3) is 0 Å². The first-order chi connectivity index (χ1) is 11.2. The molecule has 1 aliphatic heterocycles. The second kappa shape index (κ2) is 6.96. The van der Waals surface area contributed by atoms with E-state index in [9.17, 15) is 0 Å². The first-order valence-electron chi connectivity index (χ1n) is 8.18. The van der Waals surface area contributed by atoms with E-state index >= 15 is 0 Å². The van der Waals surface area contributed by atoms with Gasteiger partial charge in [-0.3, -0.25) is 4.90 Å². The molecule has 1 fully saturated rings. The Kier molecular flexibility index (Phi) is 4.76. The van der Waals surface area contributed by atoms with E-state index in [4.69, 9.17) is 0 Å². The standard InChI is InChI=1S/C18H25N5/c1-19-18-15(6-4-9-21-18)13-23-11-5-7-16(23)14-8-10-20-17(12-14)22(2)3/h4,6,8-10,12,16H,5,7,11,13H2,1-3H3,(H,19,21). The molecule has 3 heterocycles. The third kappa shape index (κ3) is 3.45. The average molecular weight is 311 g/mol. The summed E-state index contributed by atoms with van der Waals surface area (Å²) in [5, 5.41) is 3.19. The molecule has 0 aliphatic carbocycles. The van der Waals surface area contributed by atoms with Crippen LogP contribution in [0.2, 0.25) is 0 Å². The quantitative estimate of drug-likeness (QED) is 0.920. The minimum Gasteiger partial charge on any atom is -0.373 e. The highest BCUT2D eigenvalue weighted by Crippen LogP contribution is 2.34. The number of aromatic nitrogens is 2. The molecule has 23 heavy (non-hydrogen) atoms. The van der Waals surface area contributed by atoms with Crippen LogP contribution >= 0.6 is 0 Å². The van der Waals surface area contributed by atoms with Gasteiger partial charge in [-0.1, -0.05) is 6.07 Å². The van der Waals surface area contributed by atoms with Gasteiger partial charge in [-0.25, -0.2) is 9.97 Å². The zero-order valence-electron chi connectivity index (χ0n) is 14.2. The van der Waals surface area contributed by atoms with Crippen LogP contribution in [0.5, 0.6) is 0 Å². The molecule has 0 amide bonds. The maximum atomic E-state index is 4.43. The van der Waals surface area contributed by atoms with E-state index in [0.29, 0.717) is 6.04 Å². The average Bonchev–Trinajstić information content (AvgIpc) is 3.03. The molecule has 0 saturated carbocycles. The van der Waals surface area contributed by atoms with Crippen molar-refractivity contribution in [3.63, 3.8) is 0 Å². The van der Waals surface area contributed by atoms with Gasteiger partial charge >= 0.3 is 0 Å². The summed E-state index contributed by atoms with van der Waals surface area (Å²) in [6.07, 6.45) is 6.19. The Balaban J connectivity index is 1.81. The SMILES string of the molecule is CNc1ncccc1CN1CCCC1c1ccnc(N(C)C)c1. The van der Waals surface area contributed by atoms with E-state index in [1.807, 2.05) is 39.6 Å². The first kappa shape index (κ1) is 15.7. The molecule has 0 spiro atoms. The second-order valence-corrected chi connectivity index (χ2v) is 6.23. The van der Waals surface area contributed by atoms with Crippen LogP contribution in [-0.4, -0.2) is 42.6 Å². The molecule has 1 N–H and O–H groups in total. The fourth-order valence-corrected chi connectivity index (χ4v) is 3.29. The highest BCUT2D eigenvalue weighted by atomic mass is 15.2. The van der Waals surface area contributed by atoms with Crippen LogP contribution in [0, 0.1) is 0 Å². The van der Waals surface area contributed by atoms with E-state index in [1.165, 1.54) is 24.0 Å². The third-order valence-electron chi connectivity index (χ3n) is 4.48. The largest absolute Gasteiger partial charge is 0.373 e. The summed E-state index contributed by atoms with van der Waals surface area (Å²) in [6.45, 7) is 2.05. The molecule has 2 aromatic rings. The van der Waals surface area contributed by atoms with Crippen LogP contribution in [0.4, 0.5) is 11.6 Å². The van der Waals surface area contributed by atoms with Crippen molar-refractivity contribution < 1.29 is 0 Å². The smallest absolute Gasteiger partial charge is 0.130 e. The lowest BCUT2D eigenvalue weighted by molar-refractivity contribution is 0.248. The fourth-order valence-electron chi connectivity index (χ4n) is 3.29. The number of hydrogen-bond donors (Lipinski definition) is 1. The molecule has 5 nitrogen and oxygen atoms in total. The molecule has 0 radical (unpaired) electrons. The van der Waals surface area contributed by atoms with Gasteiger partial charge < -0.3 is 10.2 Å². The van der Waals surface area contributed by atoms with Crippen LogP contribution in [0.15, 0.2) is 36.7 Å². The van der Waals surface area contributed by atoms with Gasteiger partial charge in [0.1, 0.15) is 11.6 Å². The Hall–Kier alpha value is -2.14. The first-order valence-corrected chi connectivity index (χ1v) is 8.18. The van der Waals surface area contributed by atoms with E-state index in [2.05, 4.69) is 43.3 Å². The van der Waals surface area contributed by atoms with E-state index < -0.39 is 0 Å². The van der Waals surface area contributed by atoms with Crippen molar-refractivity contribution in [2.24, 2.45) is 0 Å². The molecule has 1 saturated heterocycles. The van der Waals surface area contributed by atoms with Crippen molar-refractivity contribution in [2.75, 3.05) is 37.9 Å². The molecule has 0 aromatic carbocycles. The number of rotatable bonds is 5. The summed E-state index contributed by atoms with van der Waals surface area (Å²) >= 11 is 0. The van der Waals surface area contributed by atoms with Gasteiger partial charge in [-0.05, 0) is 43.1 Å². The van der Waals surface area contributed by atoms with Crippen LogP contribution in [-0.2, 0) is 6.54 Å². The van der Waals surface area contributed by atoms with Crippen molar-refractivity contribution in [2.45, 2.75) is 25.4 Å². The minimum absolute atomic E-state index is 0.460. The highest BCUT2D eigenvalue weighted by Gasteiger charge is 2.27. The lowest BCUT2D eigenvalue weighted by Crippen LogP contribution is -2.24. The van der Waals surface area contributed by atoms with Gasteiger partial charge in [-0.2, -0.15) is 0 Å². The van der Waals surface area contributed by atoms with E-state index in [0.717, 1.165) is 24.7 Å². The monoisotopic (exact) mass is 311 g/mol. The third-order valence-corrected chi connectivity index (χ3v) is 4.48. The number of nitrogens with one attached hydrogen (secondary N) is 1. The Morgan fingerprint density at radius 3 is 2.91 bits per heavy atom. The lowest BCUT2D eigenvalue weighted by atomic mass is 10.1. The van der Waals surface area contributed by atoms with Gasteiger partial charge in [0.15, 0.2) is 0 Å². The Labute approximate surface area is 138 Å². The normalized spacial score (nSPS) is 18.1. The van der Waals surface area contributed by atoms with Crippen LogP contribution in [0.1, 0.15) is 30.0 Å². The number of nitrogens with zero attached hydrogens (tertiary/aromatic N) is 4. The molecular weight excluding hydrogens is 286 g/mol. The zero-order chi connectivity index (χ0) is 16.2. The second-order valence-electron chi connectivity index (χ2n) is 6.23. The predicted octanol–water partition coefficient (Wildman–Crippen LogP) is 2.92. The number of pyridine rings is 2. The molecular formula is C18H25N5. The summed E-state index contributed by atoms with van der Waals surface area (Å²) < 4.78 is 0. The van der Waals surface area contributed by atoms with Crippen molar-refractivity contribution in [3.05, 3.63) is 47.8 Å². The Bertz CT molecular complexity index is 655. The zero-order valence-corrected chi connectivity index (χ0v) is 14.2. The molecule has 1 atom stereocenters. The molecule has 122 valence electrons. The van der Waals surface area contributed by atoms with Gasteiger partial charge in [0.25, 0.3) is 0 Å². The Morgan fingerprint density at radius 2 is 2.13 bits per heavy atom. The van der Waals surface area contributed by atoms with Gasteiger partial charge in [0.05, 0.1) is 0 Å². The number of hydrogen-bond acceptors (Lipinski definition) is 5. The molecule has 5 heteroatoms. The van der Waals surface area contributed by atoms with Crippen molar-refractivity contribution in [3.8, 4) is 0 Å². The summed E-state index contributed by atoms with van der Waals surface area (Å²) in [5.41, 5.74) is 2.61. The van der Waals surface area contributed by atoms with E-state index in [-0.39, 0.29) is 0 Å². The van der Waals surface area contributed by atoms with Crippen molar-refractivity contribution in [1.82, 2.24) is 14.9 Å². The molecule has 2 aromatic heterocycles. The molecule has 0 bridgehead atoms. The maximum Gasteiger partial charge on any atom is 0.130 e. The minimum atomic E-state index is 0.460. The van der Waals surface area contributed by atoms with Gasteiger partial charge in [-0.15, -0.1) is 0 Å². The molecule has 3 rings (SSSR count). The molecule has 1 aliphatic rings. The van der Waals surface area contributed by atoms with E-state index in [1.54, 1.807) is 0 Å². The van der Waals surface area contributed by atoms with Crippen molar-refractivity contribution >= 4 is 11.6 Å². The predicted molar refractivity (Wildman–Crippen MR) is 94.7 cm³/mol.